The average molecular weight is 371 g/mol. The lowest BCUT2D eigenvalue weighted by molar-refractivity contribution is -0.117. The van der Waals surface area contributed by atoms with E-state index in [-0.39, 0.29) is 17.8 Å². The third-order valence-corrected chi connectivity index (χ3v) is 5.48. The van der Waals surface area contributed by atoms with E-state index in [1.807, 2.05) is 6.92 Å². The summed E-state index contributed by atoms with van der Waals surface area (Å²) in [7, 11) is -1.14. The summed E-state index contributed by atoms with van der Waals surface area (Å²) in [5.41, 5.74) is 8.88. The zero-order chi connectivity index (χ0) is 19.0. The molecule has 1 unspecified atom stereocenters. The van der Waals surface area contributed by atoms with Crippen LogP contribution in [0.3, 0.4) is 0 Å². The first kappa shape index (κ1) is 18.2. The van der Waals surface area contributed by atoms with Crippen molar-refractivity contribution in [2.45, 2.75) is 24.7 Å². The van der Waals surface area contributed by atoms with Gasteiger partial charge in [0.1, 0.15) is 5.82 Å². The first-order valence-electron chi connectivity index (χ1n) is 8.06. The number of rotatable bonds is 5. The van der Waals surface area contributed by atoms with Gasteiger partial charge in [-0.25, -0.2) is 4.39 Å². The van der Waals surface area contributed by atoms with E-state index in [1.165, 1.54) is 12.1 Å². The zero-order valence-corrected chi connectivity index (χ0v) is 15.3. The molecule has 4 nitrogen and oxygen atoms in total. The number of carbonyl (C=O) groups is 2. The third-order valence-electron chi connectivity index (χ3n) is 4.54. The predicted molar refractivity (Wildman–Crippen MR) is 98.7 cm³/mol. The number of primary amides is 1. The molecule has 0 heterocycles. The van der Waals surface area contributed by atoms with Crippen LogP contribution in [-0.4, -0.2) is 22.2 Å². The monoisotopic (exact) mass is 371 g/mol. The molecule has 3 rings (SSSR count). The van der Waals surface area contributed by atoms with Gasteiger partial charge in [0.2, 0.25) is 5.91 Å². The molecule has 2 aromatic rings. The fraction of sp³-hybridized carbons (Fsp3) is 0.200. The quantitative estimate of drug-likeness (QED) is 0.821. The summed E-state index contributed by atoms with van der Waals surface area (Å²) >= 11 is 0. The van der Waals surface area contributed by atoms with Gasteiger partial charge in [-0.2, -0.15) is 0 Å². The number of carbonyl (C=O) groups excluding carboxylic acids is 2. The highest BCUT2D eigenvalue weighted by Gasteiger charge is 2.26. The van der Waals surface area contributed by atoms with Gasteiger partial charge in [-0.1, -0.05) is 5.57 Å². The summed E-state index contributed by atoms with van der Waals surface area (Å²) in [4.78, 5) is 24.9. The Balaban J connectivity index is 2.04. The van der Waals surface area contributed by atoms with E-state index in [0.29, 0.717) is 33.6 Å². The number of halogens is 1. The van der Waals surface area contributed by atoms with E-state index in [0.717, 1.165) is 5.57 Å². The number of hydrogen-bond acceptors (Lipinski definition) is 3. The van der Waals surface area contributed by atoms with Crippen molar-refractivity contribution in [1.82, 2.24) is 0 Å². The summed E-state index contributed by atoms with van der Waals surface area (Å²) in [6, 6.07) is 9.03. The molecule has 0 spiro atoms. The van der Waals surface area contributed by atoms with Crippen LogP contribution in [0.4, 0.5) is 4.39 Å². The van der Waals surface area contributed by atoms with Crippen molar-refractivity contribution in [3.8, 4) is 0 Å². The smallest absolute Gasteiger partial charge is 0.221 e. The average Bonchev–Trinajstić information content (AvgIpc) is 2.89. The molecule has 1 amide bonds. The van der Waals surface area contributed by atoms with Crippen LogP contribution in [0.1, 0.15) is 40.4 Å². The number of benzene rings is 2. The van der Waals surface area contributed by atoms with Crippen molar-refractivity contribution < 1.29 is 18.2 Å². The third kappa shape index (κ3) is 3.37. The lowest BCUT2D eigenvalue weighted by Crippen LogP contribution is -2.11. The largest absolute Gasteiger partial charge is 0.369 e. The highest BCUT2D eigenvalue weighted by Crippen LogP contribution is 2.38. The molecule has 2 N–H and O–H groups in total. The first-order chi connectivity index (χ1) is 12.3. The van der Waals surface area contributed by atoms with Gasteiger partial charge in [0.25, 0.3) is 0 Å². The van der Waals surface area contributed by atoms with Gasteiger partial charge in [-0.15, -0.1) is 0 Å². The molecule has 0 radical (unpaired) electrons. The lowest BCUT2D eigenvalue weighted by atomic mass is 9.93. The Hall–Kier alpha value is -2.60. The van der Waals surface area contributed by atoms with E-state index in [2.05, 4.69) is 0 Å². The maximum Gasteiger partial charge on any atom is 0.221 e. The zero-order valence-electron chi connectivity index (χ0n) is 14.5. The van der Waals surface area contributed by atoms with E-state index in [1.54, 1.807) is 30.5 Å². The van der Waals surface area contributed by atoms with Crippen LogP contribution in [0.25, 0.3) is 5.57 Å². The molecule has 6 heteroatoms. The van der Waals surface area contributed by atoms with Crippen molar-refractivity contribution in [1.29, 1.82) is 0 Å². The van der Waals surface area contributed by atoms with Crippen molar-refractivity contribution in [3.05, 3.63) is 70.0 Å². The second-order valence-corrected chi connectivity index (χ2v) is 7.75. The van der Waals surface area contributed by atoms with Crippen LogP contribution in [0.15, 0.2) is 46.9 Å². The Bertz CT molecular complexity index is 977. The van der Waals surface area contributed by atoms with Crippen molar-refractivity contribution in [2.24, 2.45) is 5.73 Å². The van der Waals surface area contributed by atoms with Crippen molar-refractivity contribution in [2.75, 3.05) is 6.26 Å². The molecule has 134 valence electrons. The van der Waals surface area contributed by atoms with E-state index >= 15 is 0 Å². The Morgan fingerprint density at radius 2 is 1.85 bits per heavy atom. The highest BCUT2D eigenvalue weighted by atomic mass is 32.2. The fourth-order valence-electron chi connectivity index (χ4n) is 3.27. The van der Waals surface area contributed by atoms with E-state index in [4.69, 9.17) is 5.73 Å². The second kappa shape index (κ2) is 6.96. The molecular weight excluding hydrogens is 353 g/mol. The molecule has 0 aliphatic heterocycles. The molecule has 2 aromatic carbocycles. The topological polar surface area (TPSA) is 77.2 Å². The molecule has 0 fully saturated rings. The molecule has 1 aliphatic carbocycles. The van der Waals surface area contributed by atoms with Crippen molar-refractivity contribution in [3.63, 3.8) is 0 Å². The summed E-state index contributed by atoms with van der Waals surface area (Å²) < 4.78 is 25.7. The highest BCUT2D eigenvalue weighted by molar-refractivity contribution is 7.84. The first-order valence-corrected chi connectivity index (χ1v) is 9.61. The molecule has 1 aliphatic rings. The minimum atomic E-state index is -1.14. The maximum absolute atomic E-state index is 14.2. The maximum atomic E-state index is 14.2. The molecule has 0 bridgehead atoms. The standard InChI is InChI=1S/C20H18FNO3S/c1-11-7-16-17(15(11)10-19(22)23)8-13(21)9-18(16)20(24)12-3-5-14(6-4-12)26(2)25/h3-6,8-9H,7,10H2,1-2H3,(H2,22,23). The minimum Gasteiger partial charge on any atom is -0.369 e. The number of fused-ring (bicyclic) bond motifs is 1. The van der Waals surface area contributed by atoms with Crippen LogP contribution in [0.2, 0.25) is 0 Å². The SMILES string of the molecule is CC1=C(CC(N)=O)c2cc(F)cc(C(=O)c3ccc(S(C)=O)cc3)c2C1. The Morgan fingerprint density at radius 3 is 2.42 bits per heavy atom. The van der Waals surface area contributed by atoms with Gasteiger partial charge in [0.15, 0.2) is 5.78 Å². The lowest BCUT2D eigenvalue weighted by Gasteiger charge is -2.10. The van der Waals surface area contributed by atoms with Gasteiger partial charge in [-0.05, 0) is 66.4 Å². The summed E-state index contributed by atoms with van der Waals surface area (Å²) in [5.74, 6) is -1.33. The molecule has 1 atom stereocenters. The van der Waals surface area contributed by atoms with Gasteiger partial charge < -0.3 is 5.73 Å². The van der Waals surface area contributed by atoms with Gasteiger partial charge in [0.05, 0.1) is 6.42 Å². The van der Waals surface area contributed by atoms with Crippen LogP contribution in [0.5, 0.6) is 0 Å². The molecule has 0 saturated carbocycles. The van der Waals surface area contributed by atoms with Crippen molar-refractivity contribution >= 4 is 28.1 Å². The summed E-state index contributed by atoms with van der Waals surface area (Å²) in [5, 5.41) is 0. The number of nitrogens with two attached hydrogens (primary N) is 1. The Morgan fingerprint density at radius 1 is 1.19 bits per heavy atom. The molecule has 0 aromatic heterocycles. The number of hydrogen-bond donors (Lipinski definition) is 1. The normalized spacial score (nSPS) is 14.3. The summed E-state index contributed by atoms with van der Waals surface area (Å²) in [6.07, 6.45) is 2.06. The van der Waals surface area contributed by atoms with Gasteiger partial charge in [0, 0.05) is 33.1 Å². The van der Waals surface area contributed by atoms with Crippen LogP contribution in [-0.2, 0) is 22.0 Å². The number of ketones is 1. The Kier molecular flexibility index (Phi) is 4.87. The molecule has 0 saturated heterocycles. The fourth-order valence-corrected chi connectivity index (χ4v) is 3.79. The van der Waals surface area contributed by atoms with E-state index < -0.39 is 22.5 Å². The molecule has 26 heavy (non-hydrogen) atoms. The van der Waals surface area contributed by atoms with Crippen LogP contribution < -0.4 is 5.73 Å². The Labute approximate surface area is 153 Å². The van der Waals surface area contributed by atoms with Gasteiger partial charge in [-0.3, -0.25) is 13.8 Å². The van der Waals surface area contributed by atoms with Gasteiger partial charge >= 0.3 is 0 Å². The van der Waals surface area contributed by atoms with Crippen LogP contribution >= 0.6 is 0 Å². The number of amides is 1. The minimum absolute atomic E-state index is 0.0208. The summed E-state index contributed by atoms with van der Waals surface area (Å²) in [6.45, 7) is 1.86. The predicted octanol–water partition coefficient (Wildman–Crippen LogP) is 3.00. The number of allylic oxidation sites excluding steroid dienone is 1. The van der Waals surface area contributed by atoms with Crippen LogP contribution in [0, 0.1) is 5.82 Å². The van der Waals surface area contributed by atoms with E-state index in [9.17, 15) is 18.2 Å². The molecular formula is C20H18FNO3S. The second-order valence-electron chi connectivity index (χ2n) is 6.37.